The standard InChI is InChI=1S/C23H23NO5/c1-14-8-10-16(11-9-14)13-24-15(2)20(23(27)29-4)18(22(24)26)12-17-6-5-7-19(28-3)21(17)25/h5-12,25H,13H2,1-4H3/b18-12-. The minimum atomic E-state index is -0.601. The number of methoxy groups -OCH3 is 2. The number of carbonyl (C=O) groups excluding carboxylic acids is 2. The first-order valence-corrected chi connectivity index (χ1v) is 9.12. The Morgan fingerprint density at radius 3 is 2.41 bits per heavy atom. The highest BCUT2D eigenvalue weighted by atomic mass is 16.5. The van der Waals surface area contributed by atoms with Gasteiger partial charge in [0.05, 0.1) is 31.9 Å². The summed E-state index contributed by atoms with van der Waals surface area (Å²) in [5.41, 5.74) is 3.31. The number of benzene rings is 2. The van der Waals surface area contributed by atoms with Gasteiger partial charge in [0.2, 0.25) is 0 Å². The SMILES string of the molecule is COC(=O)C1=C(C)N(Cc2ccc(C)cc2)C(=O)/C1=C\c1cccc(OC)c1O. The fourth-order valence-electron chi connectivity index (χ4n) is 3.27. The summed E-state index contributed by atoms with van der Waals surface area (Å²) in [6.45, 7) is 4.03. The normalized spacial score (nSPS) is 15.2. The number of phenols is 1. The fourth-order valence-corrected chi connectivity index (χ4v) is 3.27. The zero-order valence-corrected chi connectivity index (χ0v) is 16.9. The zero-order valence-electron chi connectivity index (χ0n) is 16.9. The smallest absolute Gasteiger partial charge is 0.340 e. The molecule has 0 fully saturated rings. The molecular formula is C23H23NO5. The molecule has 150 valence electrons. The van der Waals surface area contributed by atoms with Crippen molar-refractivity contribution in [3.8, 4) is 11.5 Å². The van der Waals surface area contributed by atoms with Gasteiger partial charge in [-0.2, -0.15) is 0 Å². The largest absolute Gasteiger partial charge is 0.504 e. The average molecular weight is 393 g/mol. The highest BCUT2D eigenvalue weighted by Crippen LogP contribution is 2.36. The Morgan fingerprint density at radius 1 is 1.10 bits per heavy atom. The van der Waals surface area contributed by atoms with Crippen LogP contribution in [0.15, 0.2) is 59.3 Å². The number of ether oxygens (including phenoxy) is 2. The van der Waals surface area contributed by atoms with E-state index < -0.39 is 5.97 Å². The van der Waals surface area contributed by atoms with E-state index in [-0.39, 0.29) is 28.6 Å². The number of allylic oxidation sites excluding steroid dienone is 1. The van der Waals surface area contributed by atoms with E-state index in [1.165, 1.54) is 20.3 Å². The van der Waals surface area contributed by atoms with Crippen LogP contribution in [-0.2, 0) is 20.9 Å². The molecule has 0 saturated carbocycles. The van der Waals surface area contributed by atoms with Gasteiger partial charge < -0.3 is 19.5 Å². The Labute approximate surface area is 169 Å². The molecule has 1 amide bonds. The molecule has 2 aromatic rings. The Bertz CT molecular complexity index is 1020. The molecule has 0 aromatic heterocycles. The van der Waals surface area contributed by atoms with Crippen LogP contribution in [0.25, 0.3) is 6.08 Å². The minimum absolute atomic E-state index is 0.103. The fraction of sp³-hybridized carbons (Fsp3) is 0.217. The maximum absolute atomic E-state index is 13.2. The molecule has 1 aliphatic rings. The predicted octanol–water partition coefficient (Wildman–Crippen LogP) is 3.58. The van der Waals surface area contributed by atoms with Gasteiger partial charge in [-0.3, -0.25) is 4.79 Å². The highest BCUT2D eigenvalue weighted by molar-refractivity contribution is 6.16. The minimum Gasteiger partial charge on any atom is -0.504 e. The molecule has 0 unspecified atom stereocenters. The van der Waals surface area contributed by atoms with Crippen molar-refractivity contribution in [1.82, 2.24) is 4.90 Å². The Balaban J connectivity index is 2.06. The van der Waals surface area contributed by atoms with Crippen LogP contribution in [0.2, 0.25) is 0 Å². The lowest BCUT2D eigenvalue weighted by Gasteiger charge is -2.18. The molecule has 6 nitrogen and oxygen atoms in total. The molecule has 0 spiro atoms. The molecule has 6 heteroatoms. The number of hydrogen-bond donors (Lipinski definition) is 1. The average Bonchev–Trinajstić information content (AvgIpc) is 2.94. The predicted molar refractivity (Wildman–Crippen MR) is 109 cm³/mol. The molecule has 1 aliphatic heterocycles. The van der Waals surface area contributed by atoms with E-state index in [9.17, 15) is 14.7 Å². The first-order valence-electron chi connectivity index (χ1n) is 9.12. The third-order valence-corrected chi connectivity index (χ3v) is 4.91. The summed E-state index contributed by atoms with van der Waals surface area (Å²) in [5.74, 6) is -0.752. The van der Waals surface area contributed by atoms with Crippen molar-refractivity contribution in [1.29, 1.82) is 0 Å². The molecule has 0 atom stereocenters. The van der Waals surface area contributed by atoms with Gasteiger partial charge in [0, 0.05) is 11.3 Å². The molecule has 29 heavy (non-hydrogen) atoms. The summed E-state index contributed by atoms with van der Waals surface area (Å²) in [5, 5.41) is 10.4. The molecule has 0 bridgehead atoms. The number of phenolic OH excluding ortho intramolecular Hbond substituents is 1. The lowest BCUT2D eigenvalue weighted by molar-refractivity contribution is -0.136. The zero-order chi connectivity index (χ0) is 21.1. The summed E-state index contributed by atoms with van der Waals surface area (Å²) in [4.78, 5) is 27.2. The molecular weight excluding hydrogens is 370 g/mol. The van der Waals surface area contributed by atoms with E-state index in [4.69, 9.17) is 9.47 Å². The summed E-state index contributed by atoms with van der Waals surface area (Å²) in [7, 11) is 2.72. The van der Waals surface area contributed by atoms with E-state index in [1.807, 2.05) is 31.2 Å². The van der Waals surface area contributed by atoms with Gasteiger partial charge in [0.25, 0.3) is 5.91 Å². The molecule has 3 rings (SSSR count). The van der Waals surface area contributed by atoms with E-state index in [0.717, 1.165) is 11.1 Å². The number of para-hydroxylation sites is 1. The second kappa shape index (κ2) is 8.22. The number of esters is 1. The third-order valence-electron chi connectivity index (χ3n) is 4.91. The van der Waals surface area contributed by atoms with Crippen molar-refractivity contribution in [2.24, 2.45) is 0 Å². The molecule has 1 heterocycles. The summed E-state index contributed by atoms with van der Waals surface area (Å²) >= 11 is 0. The molecule has 1 N–H and O–H groups in total. The van der Waals surface area contributed by atoms with Crippen molar-refractivity contribution in [3.05, 3.63) is 76.0 Å². The van der Waals surface area contributed by atoms with Crippen LogP contribution >= 0.6 is 0 Å². The number of nitrogens with zero attached hydrogens (tertiary/aromatic N) is 1. The third kappa shape index (κ3) is 3.87. The van der Waals surface area contributed by atoms with Crippen LogP contribution < -0.4 is 4.74 Å². The van der Waals surface area contributed by atoms with E-state index >= 15 is 0 Å². The monoisotopic (exact) mass is 393 g/mol. The maximum atomic E-state index is 13.2. The van der Waals surface area contributed by atoms with Crippen molar-refractivity contribution in [3.63, 3.8) is 0 Å². The van der Waals surface area contributed by atoms with E-state index in [1.54, 1.807) is 30.0 Å². The quantitative estimate of drug-likeness (QED) is 0.621. The Kier molecular flexibility index (Phi) is 5.73. The van der Waals surface area contributed by atoms with Gasteiger partial charge >= 0.3 is 5.97 Å². The Morgan fingerprint density at radius 2 is 1.79 bits per heavy atom. The van der Waals surface area contributed by atoms with Crippen LogP contribution in [-0.4, -0.2) is 36.1 Å². The number of hydrogen-bond acceptors (Lipinski definition) is 5. The van der Waals surface area contributed by atoms with E-state index in [2.05, 4.69) is 0 Å². The molecule has 2 aromatic carbocycles. The van der Waals surface area contributed by atoms with Gasteiger partial charge in [0.1, 0.15) is 0 Å². The van der Waals surface area contributed by atoms with Gasteiger partial charge in [-0.1, -0.05) is 42.0 Å². The summed E-state index contributed by atoms with van der Waals surface area (Å²) in [6.07, 6.45) is 1.49. The van der Waals surface area contributed by atoms with Crippen LogP contribution in [0.3, 0.4) is 0 Å². The van der Waals surface area contributed by atoms with Gasteiger partial charge in [-0.15, -0.1) is 0 Å². The summed E-state index contributed by atoms with van der Waals surface area (Å²) in [6, 6.07) is 12.8. The summed E-state index contributed by atoms with van der Waals surface area (Å²) < 4.78 is 10.0. The number of rotatable bonds is 5. The number of aryl methyl sites for hydroxylation is 1. The lowest BCUT2D eigenvalue weighted by Crippen LogP contribution is -2.24. The van der Waals surface area contributed by atoms with E-state index in [0.29, 0.717) is 17.8 Å². The van der Waals surface area contributed by atoms with Crippen LogP contribution in [0.5, 0.6) is 11.5 Å². The van der Waals surface area contributed by atoms with Crippen LogP contribution in [0.4, 0.5) is 0 Å². The van der Waals surface area contributed by atoms with Crippen molar-refractivity contribution < 1.29 is 24.2 Å². The number of aromatic hydroxyl groups is 1. The lowest BCUT2D eigenvalue weighted by atomic mass is 10.0. The van der Waals surface area contributed by atoms with Gasteiger partial charge in [0.15, 0.2) is 11.5 Å². The second-order valence-electron chi connectivity index (χ2n) is 6.79. The van der Waals surface area contributed by atoms with Crippen LogP contribution in [0.1, 0.15) is 23.6 Å². The van der Waals surface area contributed by atoms with Crippen LogP contribution in [0, 0.1) is 6.92 Å². The number of carbonyl (C=O) groups is 2. The van der Waals surface area contributed by atoms with Gasteiger partial charge in [-0.05, 0) is 31.6 Å². The van der Waals surface area contributed by atoms with Crippen molar-refractivity contribution in [2.75, 3.05) is 14.2 Å². The van der Waals surface area contributed by atoms with Gasteiger partial charge in [-0.25, -0.2) is 4.79 Å². The Hall–Kier alpha value is -3.54. The topological polar surface area (TPSA) is 76.1 Å². The van der Waals surface area contributed by atoms with Crippen molar-refractivity contribution >= 4 is 18.0 Å². The van der Waals surface area contributed by atoms with Crippen molar-refractivity contribution in [2.45, 2.75) is 20.4 Å². The first-order chi connectivity index (χ1) is 13.9. The molecule has 0 radical (unpaired) electrons. The molecule has 0 aliphatic carbocycles. The highest BCUT2D eigenvalue weighted by Gasteiger charge is 2.37. The second-order valence-corrected chi connectivity index (χ2v) is 6.79. The number of amides is 1. The maximum Gasteiger partial charge on any atom is 0.340 e. The first kappa shape index (κ1) is 20.2. The molecule has 0 saturated heterocycles.